The fourth-order valence-electron chi connectivity index (χ4n) is 4.23. The highest BCUT2D eigenvalue weighted by Gasteiger charge is 2.17. The SMILES string of the molecule is C=C/C=C(/c1ccccn1)c1cc(-c2n[nH]c3ccc(-c4cncc(NC(=O)CC)c4)cc23)[nH]c1C. The van der Waals surface area contributed by atoms with Crippen LogP contribution in [-0.4, -0.2) is 31.1 Å². The van der Waals surface area contributed by atoms with Gasteiger partial charge in [-0.05, 0) is 48.9 Å². The van der Waals surface area contributed by atoms with Gasteiger partial charge in [0.2, 0.25) is 5.91 Å². The lowest BCUT2D eigenvalue weighted by Gasteiger charge is -2.07. The minimum absolute atomic E-state index is 0.0463. The van der Waals surface area contributed by atoms with Crippen LogP contribution < -0.4 is 5.32 Å². The molecule has 0 spiro atoms. The molecule has 7 heteroatoms. The number of allylic oxidation sites excluding steroid dienone is 2. The van der Waals surface area contributed by atoms with E-state index in [2.05, 4.69) is 49.2 Å². The molecule has 0 fully saturated rings. The average Bonchev–Trinajstić information content (AvgIpc) is 3.50. The normalized spacial score (nSPS) is 11.6. The third kappa shape index (κ3) is 4.46. The number of amides is 1. The number of aromatic nitrogens is 5. The first-order valence-corrected chi connectivity index (χ1v) is 11.7. The first kappa shape index (κ1) is 23.0. The van der Waals surface area contributed by atoms with E-state index >= 15 is 0 Å². The summed E-state index contributed by atoms with van der Waals surface area (Å²) in [6.07, 6.45) is 9.39. The first-order valence-electron chi connectivity index (χ1n) is 11.7. The number of hydrogen-bond donors (Lipinski definition) is 3. The molecule has 0 saturated carbocycles. The molecule has 4 heterocycles. The Bertz CT molecular complexity index is 1590. The van der Waals surface area contributed by atoms with Crippen molar-refractivity contribution in [3.8, 4) is 22.5 Å². The van der Waals surface area contributed by atoms with Gasteiger partial charge in [0, 0.05) is 46.6 Å². The van der Waals surface area contributed by atoms with E-state index in [0.717, 1.165) is 55.9 Å². The molecule has 1 amide bonds. The predicted octanol–water partition coefficient (Wildman–Crippen LogP) is 6.29. The molecule has 5 aromatic rings. The molecule has 0 atom stereocenters. The summed E-state index contributed by atoms with van der Waals surface area (Å²) in [4.78, 5) is 24.2. The van der Waals surface area contributed by atoms with Gasteiger partial charge in [0.15, 0.2) is 0 Å². The highest BCUT2D eigenvalue weighted by atomic mass is 16.1. The number of anilines is 1. The van der Waals surface area contributed by atoms with Crippen molar-refractivity contribution in [1.82, 2.24) is 25.1 Å². The number of aromatic amines is 2. The molecule has 178 valence electrons. The van der Waals surface area contributed by atoms with Crippen LogP contribution in [0.5, 0.6) is 0 Å². The Balaban J connectivity index is 1.55. The van der Waals surface area contributed by atoms with E-state index in [1.54, 1.807) is 24.7 Å². The van der Waals surface area contributed by atoms with E-state index in [0.29, 0.717) is 12.1 Å². The third-order valence-corrected chi connectivity index (χ3v) is 6.02. The molecule has 36 heavy (non-hydrogen) atoms. The zero-order valence-electron chi connectivity index (χ0n) is 20.2. The quantitative estimate of drug-likeness (QED) is 0.241. The highest BCUT2D eigenvalue weighted by Crippen LogP contribution is 2.34. The van der Waals surface area contributed by atoms with Crippen molar-refractivity contribution < 1.29 is 4.79 Å². The molecule has 7 nitrogen and oxygen atoms in total. The molecule has 0 radical (unpaired) electrons. The van der Waals surface area contributed by atoms with E-state index in [-0.39, 0.29) is 5.91 Å². The fraction of sp³-hybridized carbons (Fsp3) is 0.103. The summed E-state index contributed by atoms with van der Waals surface area (Å²) in [6.45, 7) is 7.75. The van der Waals surface area contributed by atoms with Crippen LogP contribution in [0.1, 0.15) is 30.3 Å². The van der Waals surface area contributed by atoms with Crippen LogP contribution in [0.4, 0.5) is 5.69 Å². The van der Waals surface area contributed by atoms with Gasteiger partial charge in [-0.25, -0.2) is 0 Å². The van der Waals surface area contributed by atoms with Crippen LogP contribution >= 0.6 is 0 Å². The first-order chi connectivity index (χ1) is 17.6. The summed E-state index contributed by atoms with van der Waals surface area (Å²) in [7, 11) is 0. The maximum Gasteiger partial charge on any atom is 0.224 e. The number of pyridine rings is 2. The molecule has 5 rings (SSSR count). The number of aryl methyl sites for hydroxylation is 1. The zero-order valence-corrected chi connectivity index (χ0v) is 20.2. The molecular weight excluding hydrogens is 448 g/mol. The van der Waals surface area contributed by atoms with Gasteiger partial charge in [-0.15, -0.1) is 0 Å². The molecule has 4 aromatic heterocycles. The Morgan fingerprint density at radius 1 is 1.11 bits per heavy atom. The Hall–Kier alpha value is -4.78. The maximum absolute atomic E-state index is 11.8. The number of hydrogen-bond acceptors (Lipinski definition) is 4. The number of fused-ring (bicyclic) bond motifs is 1. The number of carbonyl (C=O) groups excluding carboxylic acids is 1. The maximum atomic E-state index is 11.8. The van der Waals surface area contributed by atoms with Gasteiger partial charge in [0.25, 0.3) is 0 Å². The van der Waals surface area contributed by atoms with Crippen LogP contribution in [0.15, 0.2) is 85.9 Å². The van der Waals surface area contributed by atoms with Crippen molar-refractivity contribution in [3.63, 3.8) is 0 Å². The molecule has 0 aliphatic carbocycles. The van der Waals surface area contributed by atoms with E-state index in [4.69, 9.17) is 0 Å². The Morgan fingerprint density at radius 2 is 2.00 bits per heavy atom. The van der Waals surface area contributed by atoms with Gasteiger partial charge >= 0.3 is 0 Å². The van der Waals surface area contributed by atoms with Crippen molar-refractivity contribution in [1.29, 1.82) is 0 Å². The molecule has 1 aromatic carbocycles. The average molecular weight is 475 g/mol. The van der Waals surface area contributed by atoms with Crippen molar-refractivity contribution >= 4 is 28.1 Å². The number of benzene rings is 1. The van der Waals surface area contributed by atoms with Crippen LogP contribution in [0.2, 0.25) is 0 Å². The number of nitrogens with zero attached hydrogens (tertiary/aromatic N) is 3. The molecule has 0 bridgehead atoms. The van der Waals surface area contributed by atoms with Crippen LogP contribution in [0.3, 0.4) is 0 Å². The van der Waals surface area contributed by atoms with Crippen molar-refractivity contribution in [2.75, 3.05) is 5.32 Å². The summed E-state index contributed by atoms with van der Waals surface area (Å²) in [6, 6.07) is 16.0. The van der Waals surface area contributed by atoms with Crippen molar-refractivity contribution in [3.05, 3.63) is 103 Å². The number of nitrogens with one attached hydrogen (secondary N) is 3. The lowest BCUT2D eigenvalue weighted by Crippen LogP contribution is -2.09. The summed E-state index contributed by atoms with van der Waals surface area (Å²) < 4.78 is 0. The molecule has 0 aliphatic heterocycles. The molecular formula is C29H26N6O. The minimum Gasteiger partial charge on any atom is -0.357 e. The third-order valence-electron chi connectivity index (χ3n) is 6.02. The minimum atomic E-state index is -0.0463. The number of H-pyrrole nitrogens is 2. The number of rotatable bonds is 7. The summed E-state index contributed by atoms with van der Waals surface area (Å²) in [5.74, 6) is -0.0463. The van der Waals surface area contributed by atoms with Gasteiger partial charge in [0.1, 0.15) is 5.69 Å². The van der Waals surface area contributed by atoms with Gasteiger partial charge in [-0.3, -0.25) is 19.9 Å². The molecule has 0 saturated heterocycles. The largest absolute Gasteiger partial charge is 0.357 e. The lowest BCUT2D eigenvalue weighted by molar-refractivity contribution is -0.115. The van der Waals surface area contributed by atoms with Crippen LogP contribution in [0.25, 0.3) is 39.0 Å². The van der Waals surface area contributed by atoms with Crippen LogP contribution in [0, 0.1) is 6.92 Å². The van der Waals surface area contributed by atoms with E-state index in [1.807, 2.05) is 56.3 Å². The second-order valence-electron chi connectivity index (χ2n) is 8.45. The Morgan fingerprint density at radius 3 is 2.78 bits per heavy atom. The smallest absolute Gasteiger partial charge is 0.224 e. The van der Waals surface area contributed by atoms with E-state index < -0.39 is 0 Å². The highest BCUT2D eigenvalue weighted by molar-refractivity contribution is 5.96. The summed E-state index contributed by atoms with van der Waals surface area (Å²) in [5, 5.41) is 11.6. The van der Waals surface area contributed by atoms with Crippen molar-refractivity contribution in [2.24, 2.45) is 0 Å². The van der Waals surface area contributed by atoms with Crippen LogP contribution in [-0.2, 0) is 4.79 Å². The number of carbonyl (C=O) groups is 1. The molecule has 0 unspecified atom stereocenters. The van der Waals surface area contributed by atoms with Gasteiger partial charge in [0.05, 0.1) is 28.8 Å². The predicted molar refractivity (Wildman–Crippen MR) is 144 cm³/mol. The fourth-order valence-corrected chi connectivity index (χ4v) is 4.23. The van der Waals surface area contributed by atoms with E-state index in [9.17, 15) is 4.79 Å². The van der Waals surface area contributed by atoms with Gasteiger partial charge in [-0.1, -0.05) is 37.8 Å². The molecule has 3 N–H and O–H groups in total. The topological polar surface area (TPSA) is 99.3 Å². The van der Waals surface area contributed by atoms with E-state index in [1.165, 1.54) is 0 Å². The standard InChI is InChI=1S/C29H26N6O/c1-4-8-22(25-9-6-7-12-31-25)23-15-27(32-18(23)3)29-24-14-19(10-11-26(24)34-35-29)20-13-21(17-30-16-20)33-28(36)5-2/h4,6-17,32H,1,5H2,2-3H3,(H,33,36)(H,34,35)/b22-8+. The Labute approximate surface area is 209 Å². The Kier molecular flexibility index (Phi) is 6.28. The van der Waals surface area contributed by atoms with Crippen molar-refractivity contribution in [2.45, 2.75) is 20.3 Å². The van der Waals surface area contributed by atoms with Gasteiger partial charge < -0.3 is 10.3 Å². The monoisotopic (exact) mass is 474 g/mol. The lowest BCUT2D eigenvalue weighted by atomic mass is 10.0. The zero-order chi connectivity index (χ0) is 25.1. The summed E-state index contributed by atoms with van der Waals surface area (Å²) >= 11 is 0. The molecule has 0 aliphatic rings. The summed E-state index contributed by atoms with van der Waals surface area (Å²) in [5.41, 5.74) is 9.14. The second kappa shape index (κ2) is 9.84. The van der Waals surface area contributed by atoms with Gasteiger partial charge in [-0.2, -0.15) is 5.10 Å². The second-order valence-corrected chi connectivity index (χ2v) is 8.45.